The smallest absolute Gasteiger partial charge is 0.241 e. The number of benzene rings is 2. The largest absolute Gasteiger partial charge is 0.355 e. The van der Waals surface area contributed by atoms with E-state index >= 15 is 0 Å². The monoisotopic (exact) mass is 518 g/mol. The number of nitrogens with zero attached hydrogens (tertiary/aromatic N) is 3. The number of halogens is 2. The summed E-state index contributed by atoms with van der Waals surface area (Å²) < 4.78 is 5.46. The van der Waals surface area contributed by atoms with Gasteiger partial charge in [-0.2, -0.15) is 16.7 Å². The van der Waals surface area contributed by atoms with E-state index in [2.05, 4.69) is 20.4 Å². The Morgan fingerprint density at radius 1 is 1.18 bits per heavy atom. The lowest BCUT2D eigenvalue weighted by molar-refractivity contribution is -0.126. The number of likely N-dealkylation sites (tertiary alicyclic amines) is 1. The molecular formula is C25H28Cl2N4O2S. The van der Waals surface area contributed by atoms with Crippen LogP contribution >= 0.6 is 35.0 Å². The first-order valence-corrected chi connectivity index (χ1v) is 13.3. The van der Waals surface area contributed by atoms with Crippen molar-refractivity contribution in [2.45, 2.75) is 32.1 Å². The lowest BCUT2D eigenvalue weighted by Gasteiger charge is -2.30. The van der Waals surface area contributed by atoms with Crippen LogP contribution in [0.4, 0.5) is 0 Å². The van der Waals surface area contributed by atoms with Gasteiger partial charge in [0.15, 0.2) is 0 Å². The first-order chi connectivity index (χ1) is 16.5. The molecule has 4 rings (SSSR count). The van der Waals surface area contributed by atoms with Crippen molar-refractivity contribution >= 4 is 40.9 Å². The lowest BCUT2D eigenvalue weighted by Crippen LogP contribution is -2.40. The Labute approximate surface area is 214 Å². The molecule has 3 aromatic rings. The topological polar surface area (TPSA) is 71.3 Å². The van der Waals surface area contributed by atoms with Gasteiger partial charge < -0.3 is 9.84 Å². The predicted octanol–water partition coefficient (Wildman–Crippen LogP) is 5.61. The third kappa shape index (κ3) is 6.75. The number of carbonyl (C=O) groups is 1. The van der Waals surface area contributed by atoms with E-state index in [9.17, 15) is 4.79 Å². The van der Waals surface area contributed by atoms with Crippen molar-refractivity contribution in [3.05, 3.63) is 69.5 Å². The molecule has 34 heavy (non-hydrogen) atoms. The molecule has 180 valence electrons. The zero-order valence-electron chi connectivity index (χ0n) is 19.1. The van der Waals surface area contributed by atoms with Crippen molar-refractivity contribution in [2.24, 2.45) is 5.92 Å². The third-order valence-electron chi connectivity index (χ3n) is 5.92. The van der Waals surface area contributed by atoms with Crippen LogP contribution in [0.25, 0.3) is 11.4 Å². The molecule has 1 aromatic heterocycles. The Morgan fingerprint density at radius 2 is 1.91 bits per heavy atom. The summed E-state index contributed by atoms with van der Waals surface area (Å²) in [7, 11) is 0. The van der Waals surface area contributed by atoms with Crippen molar-refractivity contribution < 1.29 is 9.32 Å². The second kappa shape index (κ2) is 12.1. The lowest BCUT2D eigenvalue weighted by atomic mass is 9.96. The second-order valence-corrected chi connectivity index (χ2v) is 10.4. The van der Waals surface area contributed by atoms with Crippen LogP contribution in [-0.4, -0.2) is 46.3 Å². The number of aromatic nitrogens is 2. The van der Waals surface area contributed by atoms with Gasteiger partial charge in [0.1, 0.15) is 0 Å². The van der Waals surface area contributed by atoms with Gasteiger partial charge in [-0.05, 0) is 56.6 Å². The van der Waals surface area contributed by atoms with Crippen LogP contribution in [0, 0.1) is 12.8 Å². The van der Waals surface area contributed by atoms with Gasteiger partial charge in [-0.15, -0.1) is 0 Å². The van der Waals surface area contributed by atoms with Crippen molar-refractivity contribution in [1.29, 1.82) is 0 Å². The molecule has 9 heteroatoms. The fraction of sp³-hybridized carbons (Fsp3) is 0.400. The maximum Gasteiger partial charge on any atom is 0.241 e. The number of aryl methyl sites for hydroxylation is 1. The zero-order valence-corrected chi connectivity index (χ0v) is 21.4. The highest BCUT2D eigenvalue weighted by molar-refractivity contribution is 7.98. The Morgan fingerprint density at radius 3 is 2.65 bits per heavy atom. The van der Waals surface area contributed by atoms with E-state index in [4.69, 9.17) is 27.7 Å². The van der Waals surface area contributed by atoms with Crippen molar-refractivity contribution in [3.8, 4) is 11.4 Å². The summed E-state index contributed by atoms with van der Waals surface area (Å²) in [6.07, 6.45) is 1.65. The maximum atomic E-state index is 12.6. The molecule has 1 aliphatic heterocycles. The minimum absolute atomic E-state index is 0.0461. The molecule has 2 heterocycles. The summed E-state index contributed by atoms with van der Waals surface area (Å²) >= 11 is 14.1. The van der Waals surface area contributed by atoms with Crippen molar-refractivity contribution in [1.82, 2.24) is 20.4 Å². The molecule has 0 bridgehead atoms. The van der Waals surface area contributed by atoms with Crippen LogP contribution < -0.4 is 5.32 Å². The number of carbonyl (C=O) groups excluding carboxylic acids is 1. The number of hydrogen-bond acceptors (Lipinski definition) is 6. The minimum Gasteiger partial charge on any atom is -0.355 e. The molecule has 0 radical (unpaired) electrons. The fourth-order valence-corrected chi connectivity index (χ4v) is 5.60. The maximum absolute atomic E-state index is 12.6. The molecule has 0 unspecified atom stereocenters. The molecule has 1 fully saturated rings. The first-order valence-electron chi connectivity index (χ1n) is 11.4. The summed E-state index contributed by atoms with van der Waals surface area (Å²) in [5.41, 5.74) is 3.06. The van der Waals surface area contributed by atoms with Crippen LogP contribution in [0.5, 0.6) is 0 Å². The van der Waals surface area contributed by atoms with Crippen LogP contribution in [0.3, 0.4) is 0 Å². The molecule has 6 nitrogen and oxygen atoms in total. The van der Waals surface area contributed by atoms with Gasteiger partial charge in [-0.25, -0.2) is 0 Å². The Balaban J connectivity index is 1.15. The van der Waals surface area contributed by atoms with E-state index in [1.165, 1.54) is 0 Å². The molecule has 1 aliphatic rings. The summed E-state index contributed by atoms with van der Waals surface area (Å²) in [5, 5.41) is 8.56. The number of rotatable bonds is 9. The molecule has 0 atom stereocenters. The summed E-state index contributed by atoms with van der Waals surface area (Å²) in [4.78, 5) is 19.4. The molecule has 0 aliphatic carbocycles. The second-order valence-electron chi connectivity index (χ2n) is 8.48. The summed E-state index contributed by atoms with van der Waals surface area (Å²) in [6, 6.07) is 13.6. The summed E-state index contributed by atoms with van der Waals surface area (Å²) in [6.45, 7) is 4.95. The number of nitrogens with one attached hydrogen (secondary N) is 1. The van der Waals surface area contributed by atoms with Gasteiger partial charge in [0.05, 0.1) is 6.54 Å². The Bertz CT molecular complexity index is 1100. The van der Waals surface area contributed by atoms with Gasteiger partial charge >= 0.3 is 0 Å². The molecule has 2 aromatic carbocycles. The molecule has 0 spiro atoms. The SMILES string of the molecule is Cc1cccc(-c2noc(CN3CCC(C(=O)NCCSCc4c(Cl)cccc4Cl)CC3)n2)c1. The Kier molecular flexibility index (Phi) is 8.89. The Hall–Kier alpha value is -2.06. The van der Waals surface area contributed by atoms with Crippen LogP contribution in [0.2, 0.25) is 10.0 Å². The number of piperidine rings is 1. The van der Waals surface area contributed by atoms with Crippen LogP contribution in [0.15, 0.2) is 47.0 Å². The third-order valence-corrected chi connectivity index (χ3v) is 7.61. The zero-order chi connectivity index (χ0) is 23.9. The minimum atomic E-state index is 0.0461. The van der Waals surface area contributed by atoms with E-state index in [-0.39, 0.29) is 11.8 Å². The quantitative estimate of drug-likeness (QED) is 0.371. The normalized spacial score (nSPS) is 14.9. The van der Waals surface area contributed by atoms with Crippen LogP contribution in [-0.2, 0) is 17.1 Å². The van der Waals surface area contributed by atoms with Crippen molar-refractivity contribution in [2.75, 3.05) is 25.4 Å². The highest BCUT2D eigenvalue weighted by atomic mass is 35.5. The van der Waals surface area contributed by atoms with Gasteiger partial charge in [0.25, 0.3) is 0 Å². The summed E-state index contributed by atoms with van der Waals surface area (Å²) in [5.74, 6) is 2.94. The molecule has 0 saturated carbocycles. The van der Waals surface area contributed by atoms with Gasteiger partial charge in [0, 0.05) is 39.6 Å². The number of amides is 1. The van der Waals surface area contributed by atoms with Crippen molar-refractivity contribution in [3.63, 3.8) is 0 Å². The van der Waals surface area contributed by atoms with E-state index in [0.717, 1.165) is 54.1 Å². The highest BCUT2D eigenvalue weighted by Gasteiger charge is 2.25. The van der Waals surface area contributed by atoms with E-state index < -0.39 is 0 Å². The standard InChI is InChI=1S/C25H28Cl2N4O2S/c1-17-4-2-5-19(14-17)24-29-23(33-30-24)15-31-11-8-18(9-12-31)25(32)28-10-13-34-16-20-21(26)6-3-7-22(20)27/h2-7,14,18H,8-13,15-16H2,1H3,(H,28,32). The van der Waals surface area contributed by atoms with Gasteiger partial charge in [0.2, 0.25) is 17.6 Å². The average molecular weight is 519 g/mol. The average Bonchev–Trinajstić information content (AvgIpc) is 3.29. The predicted molar refractivity (Wildman–Crippen MR) is 138 cm³/mol. The van der Waals surface area contributed by atoms with Gasteiger partial charge in [-0.3, -0.25) is 9.69 Å². The molecule has 1 N–H and O–H groups in total. The number of thioether (sulfide) groups is 1. The van der Waals surface area contributed by atoms with Crippen LogP contribution in [0.1, 0.15) is 29.9 Å². The van der Waals surface area contributed by atoms with E-state index in [0.29, 0.717) is 34.8 Å². The number of hydrogen-bond donors (Lipinski definition) is 1. The van der Waals surface area contributed by atoms with E-state index in [1.807, 2.05) is 49.4 Å². The molecule has 1 saturated heterocycles. The highest BCUT2D eigenvalue weighted by Crippen LogP contribution is 2.28. The first kappa shape index (κ1) is 25.0. The fourth-order valence-electron chi connectivity index (χ4n) is 4.00. The van der Waals surface area contributed by atoms with Gasteiger partial charge in [-0.1, -0.05) is 58.2 Å². The van der Waals surface area contributed by atoms with E-state index in [1.54, 1.807) is 11.8 Å². The molecule has 1 amide bonds. The molecular weight excluding hydrogens is 491 g/mol.